The standard InChI is InChI=1S/C11H15NOSi/c1-13-11-10(6-5-8-12-11)7-9-14(2,3)4/h5-6,8H,1-4H3. The zero-order chi connectivity index (χ0) is 10.6. The maximum absolute atomic E-state index is 5.11. The molecule has 14 heavy (non-hydrogen) atoms. The average Bonchev–Trinajstić information content (AvgIpc) is 2.14. The molecule has 0 saturated carbocycles. The second-order valence-electron chi connectivity index (χ2n) is 4.06. The summed E-state index contributed by atoms with van der Waals surface area (Å²) in [6.45, 7) is 6.63. The van der Waals surface area contributed by atoms with E-state index in [1.165, 1.54) is 0 Å². The van der Waals surface area contributed by atoms with Crippen molar-refractivity contribution in [3.05, 3.63) is 23.9 Å². The number of pyridine rings is 1. The van der Waals surface area contributed by atoms with Crippen LogP contribution in [-0.2, 0) is 0 Å². The first-order valence-electron chi connectivity index (χ1n) is 4.55. The van der Waals surface area contributed by atoms with Crippen LogP contribution in [0.5, 0.6) is 5.88 Å². The number of methoxy groups -OCH3 is 1. The smallest absolute Gasteiger partial charge is 0.229 e. The van der Waals surface area contributed by atoms with Crippen molar-refractivity contribution in [2.45, 2.75) is 19.6 Å². The van der Waals surface area contributed by atoms with Gasteiger partial charge >= 0.3 is 0 Å². The van der Waals surface area contributed by atoms with Crippen molar-refractivity contribution in [1.82, 2.24) is 4.98 Å². The second kappa shape index (κ2) is 4.29. The van der Waals surface area contributed by atoms with Gasteiger partial charge in [0.05, 0.1) is 12.7 Å². The lowest BCUT2D eigenvalue weighted by molar-refractivity contribution is 0.396. The lowest BCUT2D eigenvalue weighted by atomic mass is 10.3. The summed E-state index contributed by atoms with van der Waals surface area (Å²) in [6.07, 6.45) is 1.71. The largest absolute Gasteiger partial charge is 0.480 e. The molecule has 0 aliphatic rings. The molecule has 0 unspecified atom stereocenters. The Labute approximate surface area is 86.3 Å². The molecule has 1 aromatic rings. The van der Waals surface area contributed by atoms with Crippen molar-refractivity contribution in [1.29, 1.82) is 0 Å². The van der Waals surface area contributed by atoms with Gasteiger partial charge in [-0.25, -0.2) is 4.98 Å². The number of nitrogens with zero attached hydrogens (tertiary/aromatic N) is 1. The zero-order valence-electron chi connectivity index (χ0n) is 9.09. The molecule has 1 aromatic heterocycles. The first-order chi connectivity index (χ1) is 6.53. The molecule has 0 bridgehead atoms. The minimum atomic E-state index is -1.32. The molecule has 1 heterocycles. The Kier molecular flexibility index (Phi) is 3.31. The number of ether oxygens (including phenoxy) is 1. The molecule has 74 valence electrons. The molecule has 1 rings (SSSR count). The lowest BCUT2D eigenvalue weighted by Gasteiger charge is -2.04. The minimum Gasteiger partial charge on any atom is -0.480 e. The van der Waals surface area contributed by atoms with Gasteiger partial charge in [-0.15, -0.1) is 5.54 Å². The highest BCUT2D eigenvalue weighted by Crippen LogP contribution is 2.12. The van der Waals surface area contributed by atoms with E-state index in [1.807, 2.05) is 12.1 Å². The van der Waals surface area contributed by atoms with Crippen molar-refractivity contribution < 1.29 is 4.74 Å². The number of rotatable bonds is 1. The molecule has 0 radical (unpaired) electrons. The molecule has 3 heteroatoms. The van der Waals surface area contributed by atoms with Crippen LogP contribution in [-0.4, -0.2) is 20.2 Å². The zero-order valence-corrected chi connectivity index (χ0v) is 10.1. The Morgan fingerprint density at radius 3 is 2.64 bits per heavy atom. The monoisotopic (exact) mass is 205 g/mol. The molecule has 2 nitrogen and oxygen atoms in total. The number of aromatic nitrogens is 1. The summed E-state index contributed by atoms with van der Waals surface area (Å²) < 4.78 is 5.11. The molecule has 0 saturated heterocycles. The molecule has 0 atom stereocenters. The van der Waals surface area contributed by atoms with E-state index < -0.39 is 8.07 Å². The third-order valence-corrected chi connectivity index (χ3v) is 2.41. The van der Waals surface area contributed by atoms with Crippen molar-refractivity contribution in [2.75, 3.05) is 7.11 Å². The van der Waals surface area contributed by atoms with Crippen molar-refractivity contribution in [3.8, 4) is 17.3 Å². The van der Waals surface area contributed by atoms with Crippen LogP contribution in [0.15, 0.2) is 18.3 Å². The van der Waals surface area contributed by atoms with Gasteiger partial charge in [0.2, 0.25) is 5.88 Å². The van der Waals surface area contributed by atoms with Crippen molar-refractivity contribution in [3.63, 3.8) is 0 Å². The SMILES string of the molecule is COc1ncccc1C#C[Si](C)(C)C. The molecular weight excluding hydrogens is 190 g/mol. The minimum absolute atomic E-state index is 0.609. The van der Waals surface area contributed by atoms with E-state index in [1.54, 1.807) is 13.3 Å². The lowest BCUT2D eigenvalue weighted by Crippen LogP contribution is -2.16. The highest BCUT2D eigenvalue weighted by molar-refractivity contribution is 6.83. The van der Waals surface area contributed by atoms with Gasteiger partial charge in [0.1, 0.15) is 8.07 Å². The fraction of sp³-hybridized carbons (Fsp3) is 0.364. The second-order valence-corrected chi connectivity index (χ2v) is 8.81. The Morgan fingerprint density at radius 1 is 1.36 bits per heavy atom. The van der Waals surface area contributed by atoms with E-state index >= 15 is 0 Å². The van der Waals surface area contributed by atoms with E-state index in [9.17, 15) is 0 Å². The van der Waals surface area contributed by atoms with Gasteiger partial charge in [-0.3, -0.25) is 0 Å². The normalized spacial score (nSPS) is 10.3. The van der Waals surface area contributed by atoms with E-state index in [4.69, 9.17) is 4.74 Å². The Morgan fingerprint density at radius 2 is 2.07 bits per heavy atom. The molecule has 0 fully saturated rings. The van der Waals surface area contributed by atoms with Gasteiger partial charge in [-0.2, -0.15) is 0 Å². The third kappa shape index (κ3) is 3.23. The van der Waals surface area contributed by atoms with Crippen LogP contribution in [0, 0.1) is 11.5 Å². The van der Waals surface area contributed by atoms with E-state index in [0.29, 0.717) is 5.88 Å². The van der Waals surface area contributed by atoms with E-state index in [2.05, 4.69) is 36.1 Å². The summed E-state index contributed by atoms with van der Waals surface area (Å²) in [5.41, 5.74) is 4.15. The Bertz CT molecular complexity index is 371. The summed E-state index contributed by atoms with van der Waals surface area (Å²) in [5.74, 6) is 3.74. The molecule has 0 amide bonds. The summed E-state index contributed by atoms with van der Waals surface area (Å²) >= 11 is 0. The molecule has 0 spiro atoms. The fourth-order valence-electron chi connectivity index (χ4n) is 0.903. The molecular formula is C11H15NOSi. The highest BCUT2D eigenvalue weighted by atomic mass is 28.3. The van der Waals surface area contributed by atoms with Crippen LogP contribution in [0.4, 0.5) is 0 Å². The van der Waals surface area contributed by atoms with Crippen molar-refractivity contribution in [2.24, 2.45) is 0 Å². The summed E-state index contributed by atoms with van der Waals surface area (Å²) in [6, 6.07) is 3.80. The van der Waals surface area contributed by atoms with Gasteiger partial charge < -0.3 is 4.74 Å². The first-order valence-corrected chi connectivity index (χ1v) is 8.05. The van der Waals surface area contributed by atoms with Crippen LogP contribution >= 0.6 is 0 Å². The molecule has 0 aliphatic heterocycles. The van der Waals surface area contributed by atoms with E-state index in [-0.39, 0.29) is 0 Å². The Hall–Kier alpha value is -1.27. The topological polar surface area (TPSA) is 22.1 Å². The predicted octanol–water partition coefficient (Wildman–Crippen LogP) is 2.32. The maximum atomic E-state index is 5.11. The van der Waals surface area contributed by atoms with E-state index in [0.717, 1.165) is 5.56 Å². The van der Waals surface area contributed by atoms with Gasteiger partial charge in [0.15, 0.2) is 0 Å². The fourth-order valence-corrected chi connectivity index (χ4v) is 1.41. The Balaban J connectivity index is 3.00. The van der Waals surface area contributed by atoms with Gasteiger partial charge in [-0.05, 0) is 12.1 Å². The van der Waals surface area contributed by atoms with Gasteiger partial charge in [0, 0.05) is 6.20 Å². The quantitative estimate of drug-likeness (QED) is 0.518. The molecule has 0 N–H and O–H groups in total. The van der Waals surface area contributed by atoms with Crippen LogP contribution in [0.25, 0.3) is 0 Å². The summed E-state index contributed by atoms with van der Waals surface area (Å²) in [4.78, 5) is 4.09. The highest BCUT2D eigenvalue weighted by Gasteiger charge is 2.08. The number of hydrogen-bond acceptors (Lipinski definition) is 2. The van der Waals surface area contributed by atoms with Crippen LogP contribution in [0.2, 0.25) is 19.6 Å². The average molecular weight is 205 g/mol. The third-order valence-electron chi connectivity index (χ3n) is 1.54. The van der Waals surface area contributed by atoms with Gasteiger partial charge in [-0.1, -0.05) is 25.6 Å². The van der Waals surface area contributed by atoms with Crippen LogP contribution in [0.3, 0.4) is 0 Å². The summed E-state index contributed by atoms with van der Waals surface area (Å²) in [7, 11) is 0.293. The van der Waals surface area contributed by atoms with Gasteiger partial charge in [0.25, 0.3) is 0 Å². The summed E-state index contributed by atoms with van der Waals surface area (Å²) in [5, 5.41) is 0. The van der Waals surface area contributed by atoms with Crippen molar-refractivity contribution >= 4 is 8.07 Å². The predicted molar refractivity (Wildman–Crippen MR) is 61.0 cm³/mol. The number of hydrogen-bond donors (Lipinski definition) is 0. The first kappa shape index (κ1) is 10.8. The molecule has 0 aliphatic carbocycles. The molecule has 0 aromatic carbocycles. The van der Waals surface area contributed by atoms with Crippen LogP contribution in [0.1, 0.15) is 5.56 Å². The van der Waals surface area contributed by atoms with Crippen LogP contribution < -0.4 is 4.74 Å². The maximum Gasteiger partial charge on any atom is 0.229 e.